The molecule has 0 saturated heterocycles. The molecule has 2 aromatic rings. The summed E-state index contributed by atoms with van der Waals surface area (Å²) in [4.78, 5) is 0. The number of phenols is 2. The van der Waals surface area contributed by atoms with E-state index in [1.54, 1.807) is 12.1 Å². The lowest BCUT2D eigenvalue weighted by molar-refractivity contribution is 0.465. The zero-order valence-electron chi connectivity index (χ0n) is 10.9. The Morgan fingerprint density at radius 2 is 1.50 bits per heavy atom. The van der Waals surface area contributed by atoms with Crippen molar-refractivity contribution in [2.45, 2.75) is 26.7 Å². The molecule has 0 aliphatic carbocycles. The first-order valence-electron chi connectivity index (χ1n) is 6.08. The van der Waals surface area contributed by atoms with Gasteiger partial charge in [0.1, 0.15) is 11.5 Å². The van der Waals surface area contributed by atoms with Crippen molar-refractivity contribution in [3.63, 3.8) is 0 Å². The zero-order chi connectivity index (χ0) is 13.3. The third-order valence-electron chi connectivity index (χ3n) is 3.45. The fourth-order valence-corrected chi connectivity index (χ4v) is 2.31. The average Bonchev–Trinajstić information content (AvgIpc) is 2.33. The molecule has 1 atom stereocenters. The molecule has 0 bridgehead atoms. The highest BCUT2D eigenvalue weighted by Gasteiger charge is 2.15. The lowest BCUT2D eigenvalue weighted by atomic mass is 9.88. The Labute approximate surface area is 108 Å². The number of aromatic hydroxyl groups is 2. The Hall–Kier alpha value is -1.96. The minimum atomic E-state index is 0.102. The van der Waals surface area contributed by atoms with E-state index in [0.29, 0.717) is 11.5 Å². The predicted octanol–water partition coefficient (Wildman–Crippen LogP) is 3.87. The number of rotatable bonds is 2. The van der Waals surface area contributed by atoms with Gasteiger partial charge in [-0.2, -0.15) is 0 Å². The van der Waals surface area contributed by atoms with Crippen LogP contribution in [0.2, 0.25) is 0 Å². The average molecular weight is 242 g/mol. The molecule has 94 valence electrons. The van der Waals surface area contributed by atoms with Gasteiger partial charge in [-0.05, 0) is 42.7 Å². The normalized spacial score (nSPS) is 12.4. The second kappa shape index (κ2) is 4.73. The van der Waals surface area contributed by atoms with Crippen molar-refractivity contribution in [3.05, 3.63) is 58.7 Å². The summed E-state index contributed by atoms with van der Waals surface area (Å²) in [6.07, 6.45) is 0. The lowest BCUT2D eigenvalue weighted by Crippen LogP contribution is -2.00. The van der Waals surface area contributed by atoms with E-state index in [1.165, 1.54) is 0 Å². The molecule has 0 amide bonds. The van der Waals surface area contributed by atoms with Gasteiger partial charge >= 0.3 is 0 Å². The number of benzene rings is 2. The Balaban J connectivity index is 2.50. The van der Waals surface area contributed by atoms with Crippen molar-refractivity contribution in [2.75, 3.05) is 0 Å². The molecular weight excluding hydrogens is 224 g/mol. The molecule has 2 heteroatoms. The summed E-state index contributed by atoms with van der Waals surface area (Å²) in [5.74, 6) is 0.737. The molecule has 2 aromatic carbocycles. The quantitative estimate of drug-likeness (QED) is 0.839. The fraction of sp³-hybridized carbons (Fsp3) is 0.250. The van der Waals surface area contributed by atoms with Gasteiger partial charge in [0.15, 0.2) is 0 Å². The molecule has 0 fully saturated rings. The van der Waals surface area contributed by atoms with Crippen LogP contribution in [0.25, 0.3) is 0 Å². The standard InChI is InChI=1S/C16H18O2/c1-10-9-16(18)11(2)8-14(10)12(3)13-6-4-5-7-15(13)17/h4-9,12,17-18H,1-3H3. The highest BCUT2D eigenvalue weighted by molar-refractivity contribution is 5.47. The van der Waals surface area contributed by atoms with Gasteiger partial charge in [-0.1, -0.05) is 31.2 Å². The van der Waals surface area contributed by atoms with Crippen LogP contribution in [-0.2, 0) is 0 Å². The molecule has 2 rings (SSSR count). The summed E-state index contributed by atoms with van der Waals surface area (Å²) in [5.41, 5.74) is 3.93. The first kappa shape index (κ1) is 12.5. The van der Waals surface area contributed by atoms with Gasteiger partial charge in [-0.3, -0.25) is 0 Å². The molecule has 0 radical (unpaired) electrons. The minimum Gasteiger partial charge on any atom is -0.508 e. The van der Waals surface area contributed by atoms with E-state index in [4.69, 9.17) is 0 Å². The van der Waals surface area contributed by atoms with E-state index < -0.39 is 0 Å². The smallest absolute Gasteiger partial charge is 0.119 e. The molecule has 1 unspecified atom stereocenters. The fourth-order valence-electron chi connectivity index (χ4n) is 2.31. The molecular formula is C16H18O2. The van der Waals surface area contributed by atoms with Crippen molar-refractivity contribution >= 4 is 0 Å². The van der Waals surface area contributed by atoms with Crippen LogP contribution in [0, 0.1) is 13.8 Å². The van der Waals surface area contributed by atoms with Gasteiger partial charge < -0.3 is 10.2 Å². The van der Waals surface area contributed by atoms with Gasteiger partial charge in [0.2, 0.25) is 0 Å². The van der Waals surface area contributed by atoms with E-state index in [1.807, 2.05) is 38.1 Å². The van der Waals surface area contributed by atoms with Crippen molar-refractivity contribution in [1.82, 2.24) is 0 Å². The molecule has 0 spiro atoms. The third kappa shape index (κ3) is 2.19. The number of hydrogen-bond acceptors (Lipinski definition) is 2. The molecule has 0 aliphatic rings. The molecule has 0 heterocycles. The topological polar surface area (TPSA) is 40.5 Å². The van der Waals surface area contributed by atoms with Crippen molar-refractivity contribution in [1.29, 1.82) is 0 Å². The van der Waals surface area contributed by atoms with E-state index in [2.05, 4.69) is 6.92 Å². The van der Waals surface area contributed by atoms with Crippen molar-refractivity contribution < 1.29 is 10.2 Å². The summed E-state index contributed by atoms with van der Waals surface area (Å²) < 4.78 is 0. The number of phenolic OH excluding ortho intramolecular Hbond substituents is 2. The largest absolute Gasteiger partial charge is 0.508 e. The Bertz CT molecular complexity index is 573. The maximum atomic E-state index is 9.91. The van der Waals surface area contributed by atoms with Gasteiger partial charge in [0, 0.05) is 11.5 Å². The van der Waals surface area contributed by atoms with Crippen LogP contribution < -0.4 is 0 Å². The number of para-hydroxylation sites is 1. The van der Waals surface area contributed by atoms with Crippen LogP contribution in [0.4, 0.5) is 0 Å². The van der Waals surface area contributed by atoms with E-state index in [9.17, 15) is 10.2 Å². The molecule has 0 aromatic heterocycles. The number of hydrogen-bond donors (Lipinski definition) is 2. The Kier molecular flexibility index (Phi) is 3.28. The predicted molar refractivity (Wildman–Crippen MR) is 73.2 cm³/mol. The van der Waals surface area contributed by atoms with E-state index in [-0.39, 0.29) is 5.92 Å². The second-order valence-corrected chi connectivity index (χ2v) is 4.78. The Morgan fingerprint density at radius 1 is 0.833 bits per heavy atom. The third-order valence-corrected chi connectivity index (χ3v) is 3.45. The van der Waals surface area contributed by atoms with Gasteiger partial charge in [0.25, 0.3) is 0 Å². The highest BCUT2D eigenvalue weighted by Crippen LogP contribution is 2.34. The monoisotopic (exact) mass is 242 g/mol. The lowest BCUT2D eigenvalue weighted by Gasteiger charge is -2.17. The molecule has 18 heavy (non-hydrogen) atoms. The summed E-state index contributed by atoms with van der Waals surface area (Å²) in [7, 11) is 0. The van der Waals surface area contributed by atoms with E-state index >= 15 is 0 Å². The van der Waals surface area contributed by atoms with Crippen LogP contribution in [0.15, 0.2) is 36.4 Å². The van der Waals surface area contributed by atoms with Crippen LogP contribution in [0.3, 0.4) is 0 Å². The zero-order valence-corrected chi connectivity index (χ0v) is 10.9. The minimum absolute atomic E-state index is 0.102. The van der Waals surface area contributed by atoms with Gasteiger partial charge in [-0.15, -0.1) is 0 Å². The maximum Gasteiger partial charge on any atom is 0.119 e. The summed E-state index contributed by atoms with van der Waals surface area (Å²) >= 11 is 0. The summed E-state index contributed by atoms with van der Waals surface area (Å²) in [6, 6.07) is 11.1. The first-order valence-corrected chi connectivity index (χ1v) is 6.08. The summed E-state index contributed by atoms with van der Waals surface area (Å²) in [6.45, 7) is 5.93. The van der Waals surface area contributed by atoms with Crippen molar-refractivity contribution in [3.8, 4) is 11.5 Å². The van der Waals surface area contributed by atoms with Gasteiger partial charge in [-0.25, -0.2) is 0 Å². The highest BCUT2D eigenvalue weighted by atomic mass is 16.3. The van der Waals surface area contributed by atoms with E-state index in [0.717, 1.165) is 22.3 Å². The van der Waals surface area contributed by atoms with Gasteiger partial charge in [0.05, 0.1) is 0 Å². The van der Waals surface area contributed by atoms with Crippen molar-refractivity contribution in [2.24, 2.45) is 0 Å². The number of aryl methyl sites for hydroxylation is 2. The van der Waals surface area contributed by atoms with Crippen LogP contribution in [-0.4, -0.2) is 10.2 Å². The molecule has 2 nitrogen and oxygen atoms in total. The summed E-state index contributed by atoms with van der Waals surface area (Å²) in [5, 5.41) is 19.6. The Morgan fingerprint density at radius 3 is 2.17 bits per heavy atom. The molecule has 0 aliphatic heterocycles. The maximum absolute atomic E-state index is 9.91. The second-order valence-electron chi connectivity index (χ2n) is 4.78. The molecule has 2 N–H and O–H groups in total. The molecule has 0 saturated carbocycles. The SMILES string of the molecule is Cc1cc(C(C)c2ccccc2O)c(C)cc1O. The van der Waals surface area contributed by atoms with Crippen LogP contribution in [0.5, 0.6) is 11.5 Å². The van der Waals surface area contributed by atoms with Crippen LogP contribution in [0.1, 0.15) is 35.1 Å². The van der Waals surface area contributed by atoms with Crippen LogP contribution >= 0.6 is 0 Å². The first-order chi connectivity index (χ1) is 8.50.